The Bertz CT molecular complexity index is 1200. The lowest BCUT2D eigenvalue weighted by Crippen LogP contribution is -2.50. The van der Waals surface area contributed by atoms with Crippen LogP contribution in [0.15, 0.2) is 40.1 Å². The van der Waals surface area contributed by atoms with E-state index in [0.717, 1.165) is 30.4 Å². The lowest BCUT2D eigenvalue weighted by Gasteiger charge is -2.28. The number of nitrogens with one attached hydrogen (secondary N) is 2. The molecule has 0 radical (unpaired) electrons. The van der Waals surface area contributed by atoms with Crippen molar-refractivity contribution in [3.8, 4) is 0 Å². The van der Waals surface area contributed by atoms with E-state index in [1.807, 2.05) is 13.0 Å². The standard InChI is InChI=1S/C25H32N6O5/c1-15-12-16-13-17(7-8-19(16)36-15)28-24(21(22(26)33)23(27)34)29-18-6-2-3-11-31(25(18)35)14-20(32)30-9-4-5-10-30/h7-8,12-13,18,28-29H,2-6,9-11,14H2,1H3,(H2,26,33)(H2,27,34)/t18-/m0/s1. The van der Waals surface area contributed by atoms with E-state index in [4.69, 9.17) is 15.9 Å². The highest BCUT2D eigenvalue weighted by Gasteiger charge is 2.32. The second-order valence-electron chi connectivity index (χ2n) is 9.25. The molecule has 0 unspecified atom stereocenters. The molecular formula is C25H32N6O5. The van der Waals surface area contributed by atoms with Gasteiger partial charge in [0.05, 0.1) is 6.54 Å². The maximum Gasteiger partial charge on any atom is 0.258 e. The lowest BCUT2D eigenvalue weighted by atomic mass is 10.1. The number of anilines is 1. The second kappa shape index (κ2) is 10.7. The van der Waals surface area contributed by atoms with Gasteiger partial charge in [-0.25, -0.2) is 0 Å². The van der Waals surface area contributed by atoms with Crippen molar-refractivity contribution >= 4 is 40.3 Å². The van der Waals surface area contributed by atoms with Crippen LogP contribution in [0.1, 0.15) is 37.9 Å². The number of aryl methyl sites for hydroxylation is 1. The van der Waals surface area contributed by atoms with Crippen LogP contribution in [-0.4, -0.2) is 65.6 Å². The zero-order chi connectivity index (χ0) is 25.8. The van der Waals surface area contributed by atoms with E-state index in [-0.39, 0.29) is 24.2 Å². The van der Waals surface area contributed by atoms with Gasteiger partial charge in [-0.1, -0.05) is 0 Å². The monoisotopic (exact) mass is 496 g/mol. The number of hydrogen-bond donors (Lipinski definition) is 4. The fraction of sp³-hybridized carbons (Fsp3) is 0.440. The Labute approximate surface area is 208 Å². The van der Waals surface area contributed by atoms with E-state index in [1.165, 1.54) is 4.90 Å². The second-order valence-corrected chi connectivity index (χ2v) is 9.25. The molecule has 0 aliphatic carbocycles. The number of nitrogens with zero attached hydrogens (tertiary/aromatic N) is 2. The van der Waals surface area contributed by atoms with Gasteiger partial charge in [0.2, 0.25) is 11.8 Å². The Morgan fingerprint density at radius 1 is 1.03 bits per heavy atom. The topological polar surface area (TPSA) is 164 Å². The molecule has 192 valence electrons. The number of carbonyl (C=O) groups is 4. The molecule has 2 aromatic rings. The number of benzene rings is 1. The van der Waals surface area contributed by atoms with Crippen LogP contribution in [0.2, 0.25) is 0 Å². The molecule has 3 heterocycles. The molecule has 0 bridgehead atoms. The zero-order valence-corrected chi connectivity index (χ0v) is 20.3. The van der Waals surface area contributed by atoms with Crippen molar-refractivity contribution < 1.29 is 23.6 Å². The highest BCUT2D eigenvalue weighted by atomic mass is 16.3. The molecule has 1 aromatic heterocycles. The summed E-state index contributed by atoms with van der Waals surface area (Å²) in [4.78, 5) is 53.8. The van der Waals surface area contributed by atoms with Gasteiger partial charge in [-0.3, -0.25) is 19.2 Å². The number of amides is 4. The number of fused-ring (bicyclic) bond motifs is 1. The number of rotatable bonds is 8. The van der Waals surface area contributed by atoms with Crippen LogP contribution in [-0.2, 0) is 19.2 Å². The van der Waals surface area contributed by atoms with E-state index in [1.54, 1.807) is 23.1 Å². The molecule has 6 N–H and O–H groups in total. The third-order valence-electron chi connectivity index (χ3n) is 6.54. The molecule has 1 aromatic carbocycles. The molecule has 2 fully saturated rings. The summed E-state index contributed by atoms with van der Waals surface area (Å²) in [5.41, 5.74) is 11.7. The first-order valence-corrected chi connectivity index (χ1v) is 12.2. The van der Waals surface area contributed by atoms with Crippen molar-refractivity contribution in [1.82, 2.24) is 15.1 Å². The van der Waals surface area contributed by atoms with Crippen molar-refractivity contribution in [3.05, 3.63) is 41.4 Å². The summed E-state index contributed by atoms with van der Waals surface area (Å²) < 4.78 is 5.60. The largest absolute Gasteiger partial charge is 0.461 e. The van der Waals surface area contributed by atoms with Crippen LogP contribution >= 0.6 is 0 Å². The summed E-state index contributed by atoms with van der Waals surface area (Å²) in [5.74, 6) is -1.73. The van der Waals surface area contributed by atoms with Gasteiger partial charge >= 0.3 is 0 Å². The fourth-order valence-electron chi connectivity index (χ4n) is 4.74. The number of likely N-dealkylation sites (tertiary alicyclic amines) is 2. The zero-order valence-electron chi connectivity index (χ0n) is 20.3. The first kappa shape index (κ1) is 25.1. The Kier molecular flexibility index (Phi) is 7.47. The van der Waals surface area contributed by atoms with Gasteiger partial charge in [-0.2, -0.15) is 0 Å². The molecule has 0 saturated carbocycles. The van der Waals surface area contributed by atoms with E-state index >= 15 is 0 Å². The Morgan fingerprint density at radius 2 is 1.72 bits per heavy atom. The minimum atomic E-state index is -1.03. The normalized spacial score (nSPS) is 18.1. The van der Waals surface area contributed by atoms with Gasteiger partial charge in [-0.05, 0) is 63.3 Å². The number of primary amides is 2. The summed E-state index contributed by atoms with van der Waals surface area (Å²) >= 11 is 0. The van der Waals surface area contributed by atoms with Gasteiger partial charge in [0.25, 0.3) is 11.8 Å². The third-order valence-corrected chi connectivity index (χ3v) is 6.54. The first-order chi connectivity index (χ1) is 17.2. The number of nitrogens with two attached hydrogens (primary N) is 2. The fourth-order valence-corrected chi connectivity index (χ4v) is 4.74. The molecule has 11 nitrogen and oxygen atoms in total. The van der Waals surface area contributed by atoms with Crippen molar-refractivity contribution in [2.75, 3.05) is 31.5 Å². The Balaban J connectivity index is 1.59. The molecule has 2 aliphatic rings. The van der Waals surface area contributed by atoms with E-state index in [0.29, 0.717) is 43.7 Å². The summed E-state index contributed by atoms with van der Waals surface area (Å²) in [6.45, 7) is 3.70. The smallest absolute Gasteiger partial charge is 0.258 e. The third kappa shape index (κ3) is 5.61. The summed E-state index contributed by atoms with van der Waals surface area (Å²) in [5, 5.41) is 6.84. The van der Waals surface area contributed by atoms with E-state index < -0.39 is 23.4 Å². The number of furan rings is 1. The summed E-state index contributed by atoms with van der Waals surface area (Å²) in [6, 6.07) is 6.31. The van der Waals surface area contributed by atoms with Crippen LogP contribution in [0, 0.1) is 6.92 Å². The Hall–Kier alpha value is -4.02. The first-order valence-electron chi connectivity index (χ1n) is 12.2. The molecule has 4 amide bonds. The van der Waals surface area contributed by atoms with Gasteiger partial charge < -0.3 is 36.3 Å². The number of hydrogen-bond acceptors (Lipinski definition) is 7. The van der Waals surface area contributed by atoms with Gasteiger partial charge in [0, 0.05) is 30.7 Å². The van der Waals surface area contributed by atoms with Crippen molar-refractivity contribution in [2.45, 2.75) is 45.1 Å². The van der Waals surface area contributed by atoms with Crippen molar-refractivity contribution in [1.29, 1.82) is 0 Å². The summed E-state index contributed by atoms with van der Waals surface area (Å²) in [6.07, 6.45) is 3.84. The van der Waals surface area contributed by atoms with Crippen LogP contribution in [0.25, 0.3) is 11.0 Å². The predicted molar refractivity (Wildman–Crippen MR) is 133 cm³/mol. The molecule has 36 heavy (non-hydrogen) atoms. The van der Waals surface area contributed by atoms with Gasteiger partial charge in [0.15, 0.2) is 0 Å². The maximum absolute atomic E-state index is 13.4. The average molecular weight is 497 g/mol. The number of carbonyl (C=O) groups excluding carboxylic acids is 4. The van der Waals surface area contributed by atoms with Crippen LogP contribution < -0.4 is 22.1 Å². The lowest BCUT2D eigenvalue weighted by molar-refractivity contribution is -0.140. The van der Waals surface area contributed by atoms with E-state index in [2.05, 4.69) is 10.6 Å². The predicted octanol–water partition coefficient (Wildman–Crippen LogP) is 0.928. The molecule has 1 atom stereocenters. The average Bonchev–Trinajstić information content (AvgIpc) is 3.44. The minimum absolute atomic E-state index is 0.00149. The molecule has 11 heteroatoms. The van der Waals surface area contributed by atoms with Crippen molar-refractivity contribution in [3.63, 3.8) is 0 Å². The van der Waals surface area contributed by atoms with Crippen LogP contribution in [0.3, 0.4) is 0 Å². The molecule has 2 aliphatic heterocycles. The maximum atomic E-state index is 13.4. The van der Waals surface area contributed by atoms with Crippen LogP contribution in [0.4, 0.5) is 5.69 Å². The SMILES string of the molecule is Cc1cc2cc(NC(N[C@H]3CCCCN(CC(=O)N4CCCC4)C3=O)=C(C(N)=O)C(N)=O)ccc2o1. The summed E-state index contributed by atoms with van der Waals surface area (Å²) in [7, 11) is 0. The van der Waals surface area contributed by atoms with Gasteiger partial charge in [0.1, 0.15) is 28.8 Å². The quantitative estimate of drug-likeness (QED) is 0.240. The van der Waals surface area contributed by atoms with E-state index in [9.17, 15) is 19.2 Å². The Morgan fingerprint density at radius 3 is 2.42 bits per heavy atom. The molecular weight excluding hydrogens is 464 g/mol. The van der Waals surface area contributed by atoms with Crippen LogP contribution in [0.5, 0.6) is 0 Å². The van der Waals surface area contributed by atoms with Gasteiger partial charge in [-0.15, -0.1) is 0 Å². The van der Waals surface area contributed by atoms with Crippen molar-refractivity contribution in [2.24, 2.45) is 11.5 Å². The molecule has 2 saturated heterocycles. The molecule has 0 spiro atoms. The minimum Gasteiger partial charge on any atom is -0.461 e. The highest BCUT2D eigenvalue weighted by molar-refractivity contribution is 6.18. The highest BCUT2D eigenvalue weighted by Crippen LogP contribution is 2.24. The molecule has 4 rings (SSSR count).